The molecule has 0 spiro atoms. The molecule has 0 fully saturated rings. The average molecular weight is 285 g/mol. The smallest absolute Gasteiger partial charge is 0.175 e. The van der Waals surface area contributed by atoms with E-state index >= 15 is 0 Å². The average Bonchev–Trinajstić information content (AvgIpc) is 2.46. The third-order valence-electron chi connectivity index (χ3n) is 3.23. The summed E-state index contributed by atoms with van der Waals surface area (Å²) < 4.78 is 6.00. The summed E-state index contributed by atoms with van der Waals surface area (Å²) in [4.78, 5) is 4.34. The van der Waals surface area contributed by atoms with Gasteiger partial charge in [-0.1, -0.05) is 30.3 Å². The molecular weight excluding hydrogens is 266 g/mol. The van der Waals surface area contributed by atoms with Gasteiger partial charge in [-0.05, 0) is 31.9 Å². The number of hydrogen-bond acceptors (Lipinski definition) is 4. The summed E-state index contributed by atoms with van der Waals surface area (Å²) in [5, 5.41) is 12.0. The highest BCUT2D eigenvalue weighted by molar-refractivity contribution is 6.00. The Morgan fingerprint density at radius 3 is 2.67 bits per heavy atom. The van der Waals surface area contributed by atoms with Crippen LogP contribution in [0.4, 0.5) is 0 Å². The molecule has 0 unspecified atom stereocenters. The standard InChI is InChI=1S/C16H19N3O2/c1-4-12-7-5-6-8-13(12)21-14-9-10(2)18-11(3)15(14)16(17)19-20/h5-9,20H,4H2,1-3H3,(H2,17,19). The second-order valence-corrected chi connectivity index (χ2v) is 4.77. The van der Waals surface area contributed by atoms with E-state index < -0.39 is 0 Å². The zero-order valence-corrected chi connectivity index (χ0v) is 12.4. The number of aryl methyl sites for hydroxylation is 3. The molecule has 0 aliphatic rings. The van der Waals surface area contributed by atoms with Gasteiger partial charge in [0.05, 0.1) is 11.3 Å². The van der Waals surface area contributed by atoms with Gasteiger partial charge in [-0.3, -0.25) is 4.98 Å². The Morgan fingerprint density at radius 1 is 1.29 bits per heavy atom. The van der Waals surface area contributed by atoms with Gasteiger partial charge < -0.3 is 15.7 Å². The second kappa shape index (κ2) is 6.26. The van der Waals surface area contributed by atoms with Gasteiger partial charge in [0.1, 0.15) is 11.5 Å². The zero-order chi connectivity index (χ0) is 15.4. The van der Waals surface area contributed by atoms with E-state index in [-0.39, 0.29) is 5.84 Å². The van der Waals surface area contributed by atoms with E-state index in [0.29, 0.717) is 17.0 Å². The summed E-state index contributed by atoms with van der Waals surface area (Å²) in [6.45, 7) is 5.75. The van der Waals surface area contributed by atoms with E-state index in [1.807, 2.05) is 31.2 Å². The van der Waals surface area contributed by atoms with Crippen LogP contribution in [0.2, 0.25) is 0 Å². The first-order valence-corrected chi connectivity index (χ1v) is 6.78. The maximum atomic E-state index is 8.95. The van der Waals surface area contributed by atoms with E-state index in [2.05, 4.69) is 17.1 Å². The Bertz CT molecular complexity index is 681. The van der Waals surface area contributed by atoms with Gasteiger partial charge in [-0.25, -0.2) is 0 Å². The Balaban J connectivity index is 2.53. The van der Waals surface area contributed by atoms with Crippen LogP contribution in [0.3, 0.4) is 0 Å². The van der Waals surface area contributed by atoms with Crippen LogP contribution in [0.15, 0.2) is 35.5 Å². The van der Waals surface area contributed by atoms with Gasteiger partial charge in [0.15, 0.2) is 5.84 Å². The van der Waals surface area contributed by atoms with Crippen LogP contribution >= 0.6 is 0 Å². The first-order chi connectivity index (χ1) is 10.1. The van der Waals surface area contributed by atoms with Gasteiger partial charge in [-0.2, -0.15) is 0 Å². The highest BCUT2D eigenvalue weighted by atomic mass is 16.5. The fourth-order valence-electron chi connectivity index (χ4n) is 2.25. The number of nitrogens with zero attached hydrogens (tertiary/aromatic N) is 2. The molecule has 0 bridgehead atoms. The number of aromatic nitrogens is 1. The number of para-hydroxylation sites is 1. The van der Waals surface area contributed by atoms with Crippen LogP contribution < -0.4 is 10.5 Å². The van der Waals surface area contributed by atoms with Crippen molar-refractivity contribution < 1.29 is 9.94 Å². The normalized spacial score (nSPS) is 11.5. The van der Waals surface area contributed by atoms with Crippen LogP contribution in [-0.2, 0) is 6.42 Å². The number of rotatable bonds is 4. The molecule has 0 radical (unpaired) electrons. The van der Waals surface area contributed by atoms with Gasteiger partial charge in [0.25, 0.3) is 0 Å². The summed E-state index contributed by atoms with van der Waals surface area (Å²) in [7, 11) is 0. The van der Waals surface area contributed by atoms with E-state index in [1.54, 1.807) is 13.0 Å². The molecule has 21 heavy (non-hydrogen) atoms. The van der Waals surface area contributed by atoms with Gasteiger partial charge >= 0.3 is 0 Å². The van der Waals surface area contributed by atoms with Crippen molar-refractivity contribution in [3.8, 4) is 11.5 Å². The first kappa shape index (κ1) is 14.8. The molecule has 0 saturated carbocycles. The largest absolute Gasteiger partial charge is 0.456 e. The van der Waals surface area contributed by atoms with Crippen LogP contribution in [0.25, 0.3) is 0 Å². The Kier molecular flexibility index (Phi) is 4.42. The third kappa shape index (κ3) is 3.13. The molecule has 0 atom stereocenters. The van der Waals surface area contributed by atoms with Crippen LogP contribution in [-0.4, -0.2) is 16.0 Å². The summed E-state index contributed by atoms with van der Waals surface area (Å²) in [6, 6.07) is 9.59. The van der Waals surface area contributed by atoms with E-state index in [1.165, 1.54) is 0 Å². The van der Waals surface area contributed by atoms with Crippen LogP contribution in [0.5, 0.6) is 11.5 Å². The maximum absolute atomic E-state index is 8.95. The number of pyridine rings is 1. The SMILES string of the molecule is CCc1ccccc1Oc1cc(C)nc(C)c1/C(N)=N/O. The van der Waals surface area contributed by atoms with Crippen molar-refractivity contribution in [2.45, 2.75) is 27.2 Å². The van der Waals surface area contributed by atoms with Gasteiger partial charge in [0, 0.05) is 11.8 Å². The summed E-state index contributed by atoms with van der Waals surface area (Å²) in [5.74, 6) is 1.29. The lowest BCUT2D eigenvalue weighted by atomic mass is 10.1. The Morgan fingerprint density at radius 2 is 2.00 bits per heavy atom. The Labute approximate surface area is 124 Å². The lowest BCUT2D eigenvalue weighted by Gasteiger charge is -2.15. The monoisotopic (exact) mass is 285 g/mol. The third-order valence-corrected chi connectivity index (χ3v) is 3.23. The molecule has 0 amide bonds. The predicted octanol–water partition coefficient (Wildman–Crippen LogP) is 3.15. The number of oxime groups is 1. The minimum atomic E-state index is -0.0102. The number of ether oxygens (including phenoxy) is 1. The van der Waals surface area contributed by atoms with Crippen LogP contribution in [0.1, 0.15) is 29.4 Å². The summed E-state index contributed by atoms with van der Waals surface area (Å²) >= 11 is 0. The van der Waals surface area contributed by atoms with Crippen molar-refractivity contribution in [1.29, 1.82) is 0 Å². The number of hydrogen-bond donors (Lipinski definition) is 2. The second-order valence-electron chi connectivity index (χ2n) is 4.77. The van der Waals surface area contributed by atoms with Gasteiger partial charge in [0.2, 0.25) is 0 Å². The molecule has 110 valence electrons. The highest BCUT2D eigenvalue weighted by Gasteiger charge is 2.15. The zero-order valence-electron chi connectivity index (χ0n) is 12.4. The molecule has 1 aromatic carbocycles. The lowest BCUT2D eigenvalue weighted by Crippen LogP contribution is -2.17. The minimum Gasteiger partial charge on any atom is -0.456 e. The minimum absolute atomic E-state index is 0.0102. The van der Waals surface area contributed by atoms with E-state index in [4.69, 9.17) is 15.7 Å². The van der Waals surface area contributed by atoms with Crippen molar-refractivity contribution in [2.75, 3.05) is 0 Å². The molecule has 1 heterocycles. The topological polar surface area (TPSA) is 80.7 Å². The van der Waals surface area contributed by atoms with Gasteiger partial charge in [-0.15, -0.1) is 0 Å². The number of amidine groups is 1. The first-order valence-electron chi connectivity index (χ1n) is 6.78. The molecule has 2 rings (SSSR count). The molecule has 2 aromatic rings. The summed E-state index contributed by atoms with van der Waals surface area (Å²) in [5.41, 5.74) is 8.82. The maximum Gasteiger partial charge on any atom is 0.175 e. The molecule has 0 aliphatic heterocycles. The number of nitrogens with two attached hydrogens (primary N) is 1. The molecule has 5 heteroatoms. The molecule has 1 aromatic heterocycles. The fourth-order valence-corrected chi connectivity index (χ4v) is 2.25. The fraction of sp³-hybridized carbons (Fsp3) is 0.250. The molecule has 0 aliphatic carbocycles. The van der Waals surface area contributed by atoms with E-state index in [9.17, 15) is 0 Å². The molecule has 3 N–H and O–H groups in total. The van der Waals surface area contributed by atoms with Crippen molar-refractivity contribution in [1.82, 2.24) is 4.98 Å². The molecule has 5 nitrogen and oxygen atoms in total. The quantitative estimate of drug-likeness (QED) is 0.391. The highest BCUT2D eigenvalue weighted by Crippen LogP contribution is 2.30. The number of benzene rings is 1. The predicted molar refractivity (Wildman–Crippen MR) is 82.1 cm³/mol. The van der Waals surface area contributed by atoms with Crippen molar-refractivity contribution in [3.05, 3.63) is 52.8 Å². The lowest BCUT2D eigenvalue weighted by molar-refractivity contribution is 0.318. The summed E-state index contributed by atoms with van der Waals surface area (Å²) in [6.07, 6.45) is 0.859. The molecule has 0 saturated heterocycles. The molecular formula is C16H19N3O2. The van der Waals surface area contributed by atoms with Crippen LogP contribution in [0, 0.1) is 13.8 Å². The van der Waals surface area contributed by atoms with Crippen molar-refractivity contribution >= 4 is 5.84 Å². The van der Waals surface area contributed by atoms with Crippen molar-refractivity contribution in [3.63, 3.8) is 0 Å². The van der Waals surface area contributed by atoms with Crippen molar-refractivity contribution in [2.24, 2.45) is 10.9 Å². The van der Waals surface area contributed by atoms with E-state index in [0.717, 1.165) is 23.4 Å². The Hall–Kier alpha value is -2.56.